The Bertz CT molecular complexity index is 655. The summed E-state index contributed by atoms with van der Waals surface area (Å²) >= 11 is 1.35. The first-order chi connectivity index (χ1) is 9.63. The van der Waals surface area contributed by atoms with Crippen LogP contribution < -0.4 is 10.9 Å². The summed E-state index contributed by atoms with van der Waals surface area (Å²) in [6.45, 7) is 6.67. The lowest BCUT2D eigenvalue weighted by Crippen LogP contribution is -2.09. The molecule has 0 bridgehead atoms. The molecule has 2 aromatic heterocycles. The Labute approximate surface area is 121 Å². The Hall–Kier alpha value is -1.89. The highest BCUT2D eigenvalue weighted by Crippen LogP contribution is 2.28. The van der Waals surface area contributed by atoms with Gasteiger partial charge in [0.25, 0.3) is 5.56 Å². The molecule has 2 N–H and O–H groups in total. The summed E-state index contributed by atoms with van der Waals surface area (Å²) in [7, 11) is 0. The van der Waals surface area contributed by atoms with Crippen molar-refractivity contribution in [1.29, 1.82) is 0 Å². The molecule has 0 aromatic carbocycles. The molecule has 0 unspecified atom stereocenters. The zero-order valence-electron chi connectivity index (χ0n) is 11.7. The number of nitrogens with one attached hydrogen (secondary N) is 2. The molecular weight excluding hydrogens is 274 g/mol. The van der Waals surface area contributed by atoms with Crippen molar-refractivity contribution in [2.24, 2.45) is 0 Å². The Morgan fingerprint density at radius 2 is 2.15 bits per heavy atom. The fraction of sp³-hybridized carbons (Fsp3) is 0.385. The second-order valence-electron chi connectivity index (χ2n) is 4.18. The lowest BCUT2D eigenvalue weighted by atomic mass is 10.2. The van der Waals surface area contributed by atoms with E-state index < -0.39 is 0 Å². The summed E-state index contributed by atoms with van der Waals surface area (Å²) in [5.41, 5.74) is 1.57. The molecule has 0 atom stereocenters. The molecule has 6 nitrogen and oxygen atoms in total. The Kier molecular flexibility index (Phi) is 4.73. The first kappa shape index (κ1) is 14.5. The third-order valence-electron chi connectivity index (χ3n) is 2.64. The van der Waals surface area contributed by atoms with E-state index >= 15 is 0 Å². The van der Waals surface area contributed by atoms with Crippen molar-refractivity contribution in [1.82, 2.24) is 19.9 Å². The molecule has 0 aliphatic rings. The van der Waals surface area contributed by atoms with E-state index in [9.17, 15) is 4.79 Å². The SMILES string of the molecule is CCNc1ncnc(Sc2nc(C)cc(=O)[nH]2)c1CC. The number of nitrogens with zero attached hydrogens (tertiary/aromatic N) is 3. The highest BCUT2D eigenvalue weighted by molar-refractivity contribution is 7.99. The van der Waals surface area contributed by atoms with E-state index in [1.165, 1.54) is 24.2 Å². The van der Waals surface area contributed by atoms with E-state index in [4.69, 9.17) is 0 Å². The van der Waals surface area contributed by atoms with Gasteiger partial charge in [0.2, 0.25) is 0 Å². The molecule has 0 saturated heterocycles. The number of hydrogen-bond acceptors (Lipinski definition) is 6. The number of hydrogen-bond donors (Lipinski definition) is 2. The van der Waals surface area contributed by atoms with Gasteiger partial charge in [-0.2, -0.15) is 0 Å². The predicted octanol–water partition coefficient (Wildman–Crippen LogP) is 2.01. The quantitative estimate of drug-likeness (QED) is 0.647. The molecule has 2 aromatic rings. The average Bonchev–Trinajstić information content (AvgIpc) is 2.38. The van der Waals surface area contributed by atoms with Crippen molar-refractivity contribution in [2.45, 2.75) is 37.4 Å². The van der Waals surface area contributed by atoms with E-state index in [2.05, 4.69) is 32.2 Å². The Morgan fingerprint density at radius 1 is 1.35 bits per heavy atom. The lowest BCUT2D eigenvalue weighted by molar-refractivity contribution is 0.889. The largest absolute Gasteiger partial charge is 0.370 e. The van der Waals surface area contributed by atoms with Crippen molar-refractivity contribution >= 4 is 17.6 Å². The topological polar surface area (TPSA) is 83.6 Å². The molecule has 106 valence electrons. The maximum absolute atomic E-state index is 11.5. The van der Waals surface area contributed by atoms with Crippen molar-refractivity contribution in [2.75, 3.05) is 11.9 Å². The van der Waals surface area contributed by atoms with Crippen LogP contribution in [0.5, 0.6) is 0 Å². The monoisotopic (exact) mass is 291 g/mol. The molecule has 0 spiro atoms. The molecule has 20 heavy (non-hydrogen) atoms. The van der Waals surface area contributed by atoms with Gasteiger partial charge < -0.3 is 10.3 Å². The van der Waals surface area contributed by atoms with E-state index in [-0.39, 0.29) is 5.56 Å². The van der Waals surface area contributed by atoms with Crippen LogP contribution >= 0.6 is 11.8 Å². The molecule has 0 saturated carbocycles. The molecule has 0 aliphatic heterocycles. The summed E-state index contributed by atoms with van der Waals surface area (Å²) in [4.78, 5) is 27.0. The number of rotatable bonds is 5. The van der Waals surface area contributed by atoms with Gasteiger partial charge in [-0.15, -0.1) is 0 Å². The molecule has 7 heteroatoms. The smallest absolute Gasteiger partial charge is 0.251 e. The van der Waals surface area contributed by atoms with Crippen LogP contribution in [0, 0.1) is 6.92 Å². The minimum Gasteiger partial charge on any atom is -0.370 e. The maximum Gasteiger partial charge on any atom is 0.251 e. The van der Waals surface area contributed by atoms with E-state index in [0.29, 0.717) is 10.9 Å². The lowest BCUT2D eigenvalue weighted by Gasteiger charge is -2.11. The number of H-pyrrole nitrogens is 1. The number of aromatic amines is 1. The molecule has 2 heterocycles. The fourth-order valence-electron chi connectivity index (χ4n) is 1.81. The number of aryl methyl sites for hydroxylation is 1. The van der Waals surface area contributed by atoms with Gasteiger partial charge in [-0.25, -0.2) is 15.0 Å². The molecule has 0 radical (unpaired) electrons. The van der Waals surface area contributed by atoms with Crippen LogP contribution in [0.1, 0.15) is 25.1 Å². The summed E-state index contributed by atoms with van der Waals surface area (Å²) < 4.78 is 0. The second kappa shape index (κ2) is 6.51. The Morgan fingerprint density at radius 3 is 2.80 bits per heavy atom. The van der Waals surface area contributed by atoms with Crippen LogP contribution in [0.2, 0.25) is 0 Å². The summed E-state index contributed by atoms with van der Waals surface area (Å²) in [5, 5.41) is 4.58. The van der Waals surface area contributed by atoms with Crippen molar-refractivity contribution in [3.63, 3.8) is 0 Å². The van der Waals surface area contributed by atoms with Gasteiger partial charge >= 0.3 is 0 Å². The first-order valence-electron chi connectivity index (χ1n) is 6.47. The summed E-state index contributed by atoms with van der Waals surface area (Å²) in [6, 6.07) is 1.47. The molecule has 2 rings (SSSR count). The second-order valence-corrected chi connectivity index (χ2v) is 5.16. The number of anilines is 1. The summed E-state index contributed by atoms with van der Waals surface area (Å²) in [5.74, 6) is 0.836. The fourth-order valence-corrected chi connectivity index (χ4v) is 2.80. The average molecular weight is 291 g/mol. The van der Waals surface area contributed by atoms with E-state index in [0.717, 1.165) is 29.4 Å². The van der Waals surface area contributed by atoms with Crippen LogP contribution in [-0.4, -0.2) is 26.5 Å². The third kappa shape index (κ3) is 3.36. The summed E-state index contributed by atoms with van der Waals surface area (Å²) in [6.07, 6.45) is 2.33. The van der Waals surface area contributed by atoms with Gasteiger partial charge in [0.15, 0.2) is 5.16 Å². The zero-order valence-corrected chi connectivity index (χ0v) is 12.5. The normalized spacial score (nSPS) is 10.6. The Balaban J connectivity index is 2.37. The van der Waals surface area contributed by atoms with Gasteiger partial charge in [0.1, 0.15) is 17.2 Å². The maximum atomic E-state index is 11.5. The van der Waals surface area contributed by atoms with Gasteiger partial charge in [-0.1, -0.05) is 6.92 Å². The van der Waals surface area contributed by atoms with Gasteiger partial charge in [-0.3, -0.25) is 4.79 Å². The van der Waals surface area contributed by atoms with Gasteiger partial charge in [-0.05, 0) is 32.0 Å². The van der Waals surface area contributed by atoms with Gasteiger partial charge in [0, 0.05) is 23.9 Å². The molecule has 0 amide bonds. The molecular formula is C13H17N5OS. The zero-order chi connectivity index (χ0) is 14.5. The van der Waals surface area contributed by atoms with Crippen LogP contribution in [0.25, 0.3) is 0 Å². The number of aromatic nitrogens is 4. The molecule has 0 aliphatic carbocycles. The standard InChI is InChI=1S/C13H17N5OS/c1-4-9-11(14-5-2)15-7-16-12(9)20-13-17-8(3)6-10(19)18-13/h6-7H,4-5H2,1-3H3,(H,14,15,16)(H,17,18,19). The third-order valence-corrected chi connectivity index (χ3v) is 3.58. The van der Waals surface area contributed by atoms with E-state index in [1.54, 1.807) is 6.92 Å². The van der Waals surface area contributed by atoms with Crippen LogP contribution in [0.4, 0.5) is 5.82 Å². The minimum atomic E-state index is -0.154. The molecule has 0 fully saturated rings. The highest BCUT2D eigenvalue weighted by Gasteiger charge is 2.12. The van der Waals surface area contributed by atoms with Gasteiger partial charge in [0.05, 0.1) is 0 Å². The van der Waals surface area contributed by atoms with Crippen LogP contribution in [0.3, 0.4) is 0 Å². The van der Waals surface area contributed by atoms with Crippen molar-refractivity contribution in [3.05, 3.63) is 34.0 Å². The van der Waals surface area contributed by atoms with Crippen LogP contribution in [-0.2, 0) is 6.42 Å². The van der Waals surface area contributed by atoms with Crippen LogP contribution in [0.15, 0.2) is 27.4 Å². The van der Waals surface area contributed by atoms with E-state index in [1.807, 2.05) is 6.92 Å². The first-order valence-corrected chi connectivity index (χ1v) is 7.29. The predicted molar refractivity (Wildman–Crippen MR) is 79.3 cm³/mol. The van der Waals surface area contributed by atoms with Crippen molar-refractivity contribution < 1.29 is 0 Å². The minimum absolute atomic E-state index is 0.154. The van der Waals surface area contributed by atoms with Crippen molar-refractivity contribution in [3.8, 4) is 0 Å². The highest BCUT2D eigenvalue weighted by atomic mass is 32.2.